The molecule has 1 atom stereocenters. The smallest absolute Gasteiger partial charge is 0.406 e. The van der Waals surface area contributed by atoms with E-state index >= 15 is 0 Å². The van der Waals surface area contributed by atoms with Gasteiger partial charge in [0.05, 0.1) is 5.52 Å². The van der Waals surface area contributed by atoms with Gasteiger partial charge in [-0.15, -0.1) is 13.2 Å². The molecule has 0 aliphatic carbocycles. The van der Waals surface area contributed by atoms with Crippen LogP contribution in [-0.2, 0) is 11.2 Å². The van der Waals surface area contributed by atoms with Crippen LogP contribution in [0.15, 0.2) is 34.9 Å². The van der Waals surface area contributed by atoms with Crippen molar-refractivity contribution in [3.05, 3.63) is 46.2 Å². The number of amides is 2. The Balaban J connectivity index is 1.54. The molecule has 12 heteroatoms. The molecule has 0 saturated heterocycles. The molecule has 2 amide bonds. The number of alkyl halides is 3. The number of nitrogens with zero attached hydrogens (tertiary/aromatic N) is 2. The summed E-state index contributed by atoms with van der Waals surface area (Å²) in [6.07, 6.45) is -3.06. The van der Waals surface area contributed by atoms with Crippen molar-refractivity contribution in [3.63, 3.8) is 0 Å². The van der Waals surface area contributed by atoms with Crippen LogP contribution in [0.5, 0.6) is 5.75 Å². The maximum atomic E-state index is 12.6. The van der Waals surface area contributed by atoms with E-state index in [1.165, 1.54) is 6.07 Å². The number of H-pyrrole nitrogens is 1. The number of benzene rings is 1. The summed E-state index contributed by atoms with van der Waals surface area (Å²) >= 11 is 3.30. The number of hydrogen-bond acceptors (Lipinski definition) is 5. The first-order valence-electron chi connectivity index (χ1n) is 8.19. The number of rotatable bonds is 3. The zero-order valence-corrected chi connectivity index (χ0v) is 15.9. The van der Waals surface area contributed by atoms with E-state index in [2.05, 4.69) is 46.5 Å². The number of hydrogen-bond donors (Lipinski definition) is 3. The van der Waals surface area contributed by atoms with Gasteiger partial charge in [-0.3, -0.25) is 14.7 Å². The van der Waals surface area contributed by atoms with Gasteiger partial charge in [-0.1, -0.05) is 0 Å². The Labute approximate surface area is 169 Å². The number of halogens is 4. The second kappa shape index (κ2) is 7.03. The molecule has 4 rings (SSSR count). The maximum Gasteiger partial charge on any atom is 0.573 e. The summed E-state index contributed by atoms with van der Waals surface area (Å²) in [6, 6.07) is 4.37. The van der Waals surface area contributed by atoms with Crippen molar-refractivity contribution < 1.29 is 27.5 Å². The standard InChI is InChI=1S/C17H11BrF3N5O3/c18-8-3-7-4-12(15(27)24-14(7)22-6-8)23-16(28)13-10-2-1-9(29-17(19,20)21)5-11(10)25-26-13/h1-3,5-6,12H,4H2,(H,23,28)(H,25,26)(H,22,24,27). The van der Waals surface area contributed by atoms with Gasteiger partial charge in [0.1, 0.15) is 17.6 Å². The van der Waals surface area contributed by atoms with Crippen LogP contribution in [0.4, 0.5) is 19.0 Å². The Kier molecular flexibility index (Phi) is 4.65. The number of anilines is 1. The van der Waals surface area contributed by atoms with Gasteiger partial charge in [0.25, 0.3) is 5.91 Å². The summed E-state index contributed by atoms with van der Waals surface area (Å²) < 4.78 is 41.6. The molecule has 2 aromatic heterocycles. The third kappa shape index (κ3) is 4.01. The van der Waals surface area contributed by atoms with Gasteiger partial charge in [0.15, 0.2) is 5.69 Å². The lowest BCUT2D eigenvalue weighted by Crippen LogP contribution is -2.48. The third-order valence-corrected chi connectivity index (χ3v) is 4.64. The molecule has 1 unspecified atom stereocenters. The monoisotopic (exact) mass is 469 g/mol. The average Bonchev–Trinajstić information content (AvgIpc) is 3.04. The van der Waals surface area contributed by atoms with Crippen LogP contribution in [0.25, 0.3) is 10.9 Å². The fraction of sp³-hybridized carbons (Fsp3) is 0.176. The van der Waals surface area contributed by atoms with Crippen molar-refractivity contribution >= 4 is 44.5 Å². The average molecular weight is 470 g/mol. The second-order valence-electron chi connectivity index (χ2n) is 6.21. The molecule has 1 aliphatic rings. The van der Waals surface area contributed by atoms with E-state index in [1.54, 1.807) is 12.3 Å². The second-order valence-corrected chi connectivity index (χ2v) is 7.12. The van der Waals surface area contributed by atoms with Crippen molar-refractivity contribution in [2.45, 2.75) is 18.8 Å². The molecule has 0 fully saturated rings. The van der Waals surface area contributed by atoms with Crippen LogP contribution in [0, 0.1) is 0 Å². The van der Waals surface area contributed by atoms with Crippen molar-refractivity contribution in [3.8, 4) is 5.75 Å². The van der Waals surface area contributed by atoms with Crippen LogP contribution in [0.1, 0.15) is 16.1 Å². The van der Waals surface area contributed by atoms with E-state index in [1.807, 2.05) is 0 Å². The first-order valence-corrected chi connectivity index (χ1v) is 8.99. The molecule has 3 aromatic rings. The summed E-state index contributed by atoms with van der Waals surface area (Å²) in [7, 11) is 0. The Bertz CT molecular complexity index is 1130. The van der Waals surface area contributed by atoms with E-state index in [9.17, 15) is 22.8 Å². The van der Waals surface area contributed by atoms with Gasteiger partial charge >= 0.3 is 6.36 Å². The fourth-order valence-electron chi connectivity index (χ4n) is 2.98. The van der Waals surface area contributed by atoms with Crippen LogP contribution >= 0.6 is 15.9 Å². The van der Waals surface area contributed by atoms with Gasteiger partial charge in [-0.25, -0.2) is 4.98 Å². The molecule has 1 aliphatic heterocycles. The fourth-order valence-corrected chi connectivity index (χ4v) is 3.36. The summed E-state index contributed by atoms with van der Waals surface area (Å²) in [5.41, 5.74) is 0.873. The summed E-state index contributed by atoms with van der Waals surface area (Å²) in [5.74, 6) is -1.10. The molecular weight excluding hydrogens is 459 g/mol. The Morgan fingerprint density at radius 2 is 2.10 bits per heavy atom. The highest BCUT2D eigenvalue weighted by Gasteiger charge is 2.32. The lowest BCUT2D eigenvalue weighted by molar-refractivity contribution is -0.274. The maximum absolute atomic E-state index is 12.6. The minimum atomic E-state index is -4.83. The molecule has 0 bridgehead atoms. The topological polar surface area (TPSA) is 109 Å². The van der Waals surface area contributed by atoms with Crippen molar-refractivity contribution in [1.29, 1.82) is 0 Å². The molecular formula is C17H11BrF3N5O3. The van der Waals surface area contributed by atoms with Crippen LogP contribution < -0.4 is 15.4 Å². The molecule has 3 heterocycles. The number of carbonyl (C=O) groups is 2. The highest BCUT2D eigenvalue weighted by Crippen LogP contribution is 2.27. The molecule has 0 saturated carbocycles. The Morgan fingerprint density at radius 3 is 2.86 bits per heavy atom. The predicted molar refractivity (Wildman–Crippen MR) is 98.3 cm³/mol. The van der Waals surface area contributed by atoms with E-state index in [0.717, 1.165) is 22.2 Å². The molecule has 29 heavy (non-hydrogen) atoms. The first-order chi connectivity index (χ1) is 13.7. The number of aromatic nitrogens is 3. The predicted octanol–water partition coefficient (Wildman–Crippen LogP) is 2.91. The quantitative estimate of drug-likeness (QED) is 0.546. The van der Waals surface area contributed by atoms with Crippen LogP contribution in [-0.4, -0.2) is 39.4 Å². The minimum absolute atomic E-state index is 0.0514. The zero-order valence-electron chi connectivity index (χ0n) is 14.3. The third-order valence-electron chi connectivity index (χ3n) is 4.20. The SMILES string of the molecule is O=C(NC1Cc2cc(Br)cnc2NC1=O)c1n[nH]c2cc(OC(F)(F)F)ccc12. The van der Waals surface area contributed by atoms with Crippen LogP contribution in [0.3, 0.4) is 0 Å². The number of fused-ring (bicyclic) bond motifs is 2. The minimum Gasteiger partial charge on any atom is -0.406 e. The Morgan fingerprint density at radius 1 is 1.31 bits per heavy atom. The van der Waals surface area contributed by atoms with Gasteiger partial charge in [0.2, 0.25) is 5.91 Å². The first kappa shape index (κ1) is 19.2. The normalized spacial score (nSPS) is 16.3. The van der Waals surface area contributed by atoms with Gasteiger partial charge in [-0.05, 0) is 39.7 Å². The number of ether oxygens (including phenoxy) is 1. The lowest BCUT2D eigenvalue weighted by atomic mass is 10.0. The van der Waals surface area contributed by atoms with Crippen molar-refractivity contribution in [2.24, 2.45) is 0 Å². The van der Waals surface area contributed by atoms with Crippen molar-refractivity contribution in [2.75, 3.05) is 5.32 Å². The van der Waals surface area contributed by atoms with E-state index in [4.69, 9.17) is 0 Å². The number of pyridine rings is 1. The van der Waals surface area contributed by atoms with E-state index < -0.39 is 30.0 Å². The molecule has 150 valence electrons. The number of aromatic amines is 1. The number of nitrogens with one attached hydrogen (secondary N) is 3. The highest BCUT2D eigenvalue weighted by molar-refractivity contribution is 9.10. The summed E-state index contributed by atoms with van der Waals surface area (Å²) in [6.45, 7) is 0. The van der Waals surface area contributed by atoms with E-state index in [0.29, 0.717) is 5.82 Å². The largest absolute Gasteiger partial charge is 0.573 e. The van der Waals surface area contributed by atoms with Crippen molar-refractivity contribution in [1.82, 2.24) is 20.5 Å². The Hall–Kier alpha value is -3.15. The molecule has 1 aromatic carbocycles. The highest BCUT2D eigenvalue weighted by atomic mass is 79.9. The van der Waals surface area contributed by atoms with E-state index in [-0.39, 0.29) is 23.0 Å². The summed E-state index contributed by atoms with van der Waals surface area (Å²) in [5, 5.41) is 11.8. The van der Waals surface area contributed by atoms with Crippen LogP contribution in [0.2, 0.25) is 0 Å². The van der Waals surface area contributed by atoms with Gasteiger partial charge in [0, 0.05) is 28.5 Å². The number of carbonyl (C=O) groups excluding carboxylic acids is 2. The molecule has 0 spiro atoms. The van der Waals surface area contributed by atoms with Gasteiger partial charge < -0.3 is 15.4 Å². The molecule has 8 nitrogen and oxygen atoms in total. The molecule has 0 radical (unpaired) electrons. The lowest BCUT2D eigenvalue weighted by Gasteiger charge is -2.24. The zero-order chi connectivity index (χ0) is 20.8. The van der Waals surface area contributed by atoms with Gasteiger partial charge in [-0.2, -0.15) is 5.10 Å². The molecule has 3 N–H and O–H groups in total. The summed E-state index contributed by atoms with van der Waals surface area (Å²) in [4.78, 5) is 29.0.